The molecule has 40 heavy (non-hydrogen) atoms. The zero-order valence-electron chi connectivity index (χ0n) is 22.4. The normalized spacial score (nSPS) is 13.0. The topological polar surface area (TPSA) is 87.0 Å². The number of fused-ring (bicyclic) bond motifs is 1. The molecule has 8 nitrogen and oxygen atoms in total. The second-order valence-electron chi connectivity index (χ2n) is 10.0. The maximum atomic E-state index is 15.1. The highest BCUT2D eigenvalue weighted by atomic mass is 19.1. The van der Waals surface area contributed by atoms with E-state index in [9.17, 15) is 0 Å². The Kier molecular flexibility index (Phi) is 6.75. The van der Waals surface area contributed by atoms with E-state index in [2.05, 4.69) is 15.3 Å². The van der Waals surface area contributed by atoms with Gasteiger partial charge in [-0.05, 0) is 50.3 Å². The van der Waals surface area contributed by atoms with Crippen molar-refractivity contribution < 1.29 is 18.3 Å². The van der Waals surface area contributed by atoms with E-state index in [4.69, 9.17) is 19.6 Å². The number of nitrogens with zero attached hydrogens (tertiary/aromatic N) is 5. The minimum absolute atomic E-state index is 0.0971. The Bertz CT molecular complexity index is 1690. The summed E-state index contributed by atoms with van der Waals surface area (Å²) in [4.78, 5) is 13.5. The first kappa shape index (κ1) is 25.7. The standard InChI is InChI=1S/C30H28F2N6O2/c1-17-13-33-18(2)10-25(17)35-29-27(39-3)14-34-30(36-29)28-21-6-4-5-7-26(21)38(37-28)15-22-23(31)11-20(12-24(22)32)40-16-19-8-9-19/h4-7,10-14,19H,8-9,15-16H2,1-3H3,(H,33,34,35,36). The molecule has 204 valence electrons. The number of rotatable bonds is 9. The molecular weight excluding hydrogens is 514 g/mol. The second kappa shape index (κ2) is 10.5. The molecule has 10 heteroatoms. The first-order valence-electron chi connectivity index (χ1n) is 13.1. The summed E-state index contributed by atoms with van der Waals surface area (Å²) in [5, 5.41) is 8.78. The number of aromatic nitrogens is 5. The van der Waals surface area contributed by atoms with Gasteiger partial charge in [0, 0.05) is 40.7 Å². The van der Waals surface area contributed by atoms with E-state index < -0.39 is 11.6 Å². The van der Waals surface area contributed by atoms with Crippen LogP contribution in [-0.2, 0) is 6.54 Å². The zero-order chi connectivity index (χ0) is 27.8. The number of methoxy groups -OCH3 is 1. The Balaban J connectivity index is 1.36. The summed E-state index contributed by atoms with van der Waals surface area (Å²) in [7, 11) is 1.55. The molecule has 1 saturated carbocycles. The fourth-order valence-corrected chi connectivity index (χ4v) is 4.49. The number of anilines is 2. The van der Waals surface area contributed by atoms with Crippen molar-refractivity contribution in [3.63, 3.8) is 0 Å². The van der Waals surface area contributed by atoms with Crippen LogP contribution in [0, 0.1) is 31.4 Å². The number of pyridine rings is 1. The van der Waals surface area contributed by atoms with E-state index >= 15 is 8.78 Å². The lowest BCUT2D eigenvalue weighted by atomic mass is 10.1. The first-order valence-corrected chi connectivity index (χ1v) is 13.1. The molecule has 1 aliphatic rings. The van der Waals surface area contributed by atoms with Crippen molar-refractivity contribution >= 4 is 22.4 Å². The summed E-state index contributed by atoms with van der Waals surface area (Å²) in [5.41, 5.74) is 3.71. The van der Waals surface area contributed by atoms with Crippen molar-refractivity contribution in [2.24, 2.45) is 5.92 Å². The van der Waals surface area contributed by atoms with Gasteiger partial charge in [0.15, 0.2) is 17.4 Å². The van der Waals surface area contributed by atoms with Crippen molar-refractivity contribution in [1.29, 1.82) is 0 Å². The molecule has 6 rings (SSSR count). The number of aryl methyl sites for hydroxylation is 2. The van der Waals surface area contributed by atoms with Crippen molar-refractivity contribution in [2.45, 2.75) is 33.2 Å². The van der Waals surface area contributed by atoms with Gasteiger partial charge in [0.2, 0.25) is 0 Å². The first-order chi connectivity index (χ1) is 19.4. The van der Waals surface area contributed by atoms with Crippen LogP contribution in [0.5, 0.6) is 11.5 Å². The fourth-order valence-electron chi connectivity index (χ4n) is 4.49. The highest BCUT2D eigenvalue weighted by molar-refractivity contribution is 5.92. The summed E-state index contributed by atoms with van der Waals surface area (Å²) in [6.45, 7) is 4.22. The molecule has 0 amide bonds. The molecule has 0 unspecified atom stereocenters. The Labute approximate surface area is 230 Å². The van der Waals surface area contributed by atoms with Gasteiger partial charge >= 0.3 is 0 Å². The van der Waals surface area contributed by atoms with Crippen LogP contribution in [0.2, 0.25) is 0 Å². The van der Waals surface area contributed by atoms with Crippen LogP contribution < -0.4 is 14.8 Å². The van der Waals surface area contributed by atoms with Gasteiger partial charge in [-0.25, -0.2) is 18.7 Å². The van der Waals surface area contributed by atoms with Gasteiger partial charge in [-0.15, -0.1) is 0 Å². The van der Waals surface area contributed by atoms with E-state index in [-0.39, 0.29) is 17.9 Å². The van der Waals surface area contributed by atoms with E-state index in [1.54, 1.807) is 24.2 Å². The number of nitrogens with one attached hydrogen (secondary N) is 1. The number of halogens is 2. The number of para-hydroxylation sites is 1. The Morgan fingerprint density at radius 1 is 1.02 bits per heavy atom. The molecule has 0 atom stereocenters. The maximum absolute atomic E-state index is 15.1. The van der Waals surface area contributed by atoms with E-state index in [0.717, 1.165) is 35.2 Å². The molecule has 0 saturated heterocycles. The monoisotopic (exact) mass is 542 g/mol. The average Bonchev–Trinajstić information content (AvgIpc) is 3.71. The Hall–Kier alpha value is -4.60. The molecular formula is C30H28F2N6O2. The van der Waals surface area contributed by atoms with E-state index in [0.29, 0.717) is 41.1 Å². The lowest BCUT2D eigenvalue weighted by molar-refractivity contribution is 0.296. The number of ether oxygens (including phenoxy) is 2. The molecule has 1 aliphatic carbocycles. The van der Waals surface area contributed by atoms with Crippen molar-refractivity contribution in [1.82, 2.24) is 24.7 Å². The molecule has 2 aromatic carbocycles. The summed E-state index contributed by atoms with van der Waals surface area (Å²) in [6, 6.07) is 11.8. The molecule has 3 aromatic heterocycles. The van der Waals surface area contributed by atoms with Crippen LogP contribution in [0.25, 0.3) is 22.4 Å². The average molecular weight is 543 g/mol. The Morgan fingerprint density at radius 3 is 2.55 bits per heavy atom. The fraction of sp³-hybridized carbons (Fsp3) is 0.267. The van der Waals surface area contributed by atoms with E-state index in [1.165, 1.54) is 12.1 Å². The molecule has 0 spiro atoms. The van der Waals surface area contributed by atoms with Gasteiger partial charge in [0.25, 0.3) is 0 Å². The van der Waals surface area contributed by atoms with Gasteiger partial charge in [-0.1, -0.05) is 18.2 Å². The second-order valence-corrected chi connectivity index (χ2v) is 10.0. The molecule has 0 bridgehead atoms. The summed E-state index contributed by atoms with van der Waals surface area (Å²) in [5.74, 6) is 0.570. The third kappa shape index (κ3) is 5.16. The maximum Gasteiger partial charge on any atom is 0.183 e. The number of benzene rings is 2. The van der Waals surface area contributed by atoms with Gasteiger partial charge in [0.05, 0.1) is 32.0 Å². The minimum atomic E-state index is -0.679. The summed E-state index contributed by atoms with van der Waals surface area (Å²) >= 11 is 0. The Morgan fingerprint density at radius 2 is 1.80 bits per heavy atom. The number of hydrogen-bond donors (Lipinski definition) is 1. The van der Waals surface area contributed by atoms with Crippen LogP contribution in [0.4, 0.5) is 20.3 Å². The van der Waals surface area contributed by atoms with Crippen LogP contribution in [0.15, 0.2) is 54.9 Å². The van der Waals surface area contributed by atoms with Crippen LogP contribution in [0.1, 0.15) is 29.7 Å². The molecule has 5 aromatic rings. The third-order valence-electron chi connectivity index (χ3n) is 6.94. The van der Waals surface area contributed by atoms with Crippen LogP contribution in [-0.4, -0.2) is 38.4 Å². The lowest BCUT2D eigenvalue weighted by Gasteiger charge is -2.13. The van der Waals surface area contributed by atoms with Gasteiger partial charge in [-0.2, -0.15) is 5.10 Å². The van der Waals surface area contributed by atoms with Gasteiger partial charge in [-0.3, -0.25) is 9.67 Å². The number of hydrogen-bond acceptors (Lipinski definition) is 7. The molecule has 0 radical (unpaired) electrons. The van der Waals surface area contributed by atoms with Gasteiger partial charge in [0.1, 0.15) is 23.1 Å². The summed E-state index contributed by atoms with van der Waals surface area (Å²) in [6.07, 6.45) is 5.54. The van der Waals surface area contributed by atoms with Crippen LogP contribution >= 0.6 is 0 Å². The minimum Gasteiger partial charge on any atom is -0.493 e. The van der Waals surface area contributed by atoms with Gasteiger partial charge < -0.3 is 14.8 Å². The molecule has 1 N–H and O–H groups in total. The van der Waals surface area contributed by atoms with Crippen molar-refractivity contribution in [3.8, 4) is 23.0 Å². The quantitative estimate of drug-likeness (QED) is 0.232. The third-order valence-corrected chi connectivity index (χ3v) is 6.94. The highest BCUT2D eigenvalue weighted by Crippen LogP contribution is 2.33. The predicted octanol–water partition coefficient (Wildman–Crippen LogP) is 6.37. The molecule has 3 heterocycles. The smallest absolute Gasteiger partial charge is 0.183 e. The zero-order valence-corrected chi connectivity index (χ0v) is 22.4. The SMILES string of the molecule is COc1cnc(-c2nn(Cc3c(F)cc(OCC4CC4)cc3F)c3ccccc23)nc1Nc1cc(C)ncc1C. The highest BCUT2D eigenvalue weighted by Gasteiger charge is 2.23. The lowest BCUT2D eigenvalue weighted by Crippen LogP contribution is -2.08. The molecule has 0 aliphatic heterocycles. The largest absolute Gasteiger partial charge is 0.493 e. The van der Waals surface area contributed by atoms with E-state index in [1.807, 2.05) is 44.2 Å². The predicted molar refractivity (Wildman–Crippen MR) is 148 cm³/mol. The molecule has 1 fully saturated rings. The van der Waals surface area contributed by atoms with Crippen LogP contribution in [0.3, 0.4) is 0 Å². The van der Waals surface area contributed by atoms with Crippen molar-refractivity contribution in [3.05, 3.63) is 83.3 Å². The summed E-state index contributed by atoms with van der Waals surface area (Å²) < 4.78 is 42.8. The van der Waals surface area contributed by atoms with Crippen molar-refractivity contribution in [2.75, 3.05) is 19.0 Å².